The lowest BCUT2D eigenvalue weighted by atomic mass is 9.86. The minimum Gasteiger partial charge on any atom is -0.282 e. The maximum absolute atomic E-state index is 13.4. The van der Waals surface area contributed by atoms with E-state index < -0.39 is 74.7 Å². The second-order valence-electron chi connectivity index (χ2n) is 6.41. The number of carbonyl (C=O) groups is 1. The highest BCUT2D eigenvalue weighted by molar-refractivity contribution is 7.87. The molecule has 37 heavy (non-hydrogen) atoms. The first kappa shape index (κ1) is 35.1. The monoisotopic (exact) mass is 628 g/mol. The normalized spacial score (nSPS) is 16.7. The highest BCUT2D eigenvalue weighted by atomic mass is 32.2. The van der Waals surface area contributed by atoms with Crippen LogP contribution in [0.4, 0.5) is 92.2 Å². The number of rotatable bonds is 10. The zero-order valence-electron chi connectivity index (χ0n) is 15.5. The standard InChI is InChI=1S/C11HF21O4S/c12-2(13,1(33)3(14,15)16)4(17,18)5(19,20)6(21,22)7(23,24)8(25,26)9(27,28)10(29,30)11(31,32)37(34,35)36/h(H,34,35,36). The van der Waals surface area contributed by atoms with Crippen LogP contribution in [0, 0.1) is 0 Å². The molecule has 0 fully saturated rings. The Bertz CT molecular complexity index is 1010. The number of alkyl halides is 21. The predicted octanol–water partition coefficient (Wildman–Crippen LogP) is 5.68. The van der Waals surface area contributed by atoms with Crippen molar-refractivity contribution in [2.75, 3.05) is 0 Å². The molecule has 4 nitrogen and oxygen atoms in total. The van der Waals surface area contributed by atoms with Crippen molar-refractivity contribution >= 4 is 15.9 Å². The van der Waals surface area contributed by atoms with E-state index in [1.165, 1.54) is 0 Å². The molecule has 0 amide bonds. The fraction of sp³-hybridized carbons (Fsp3) is 0.909. The van der Waals surface area contributed by atoms with E-state index in [2.05, 4.69) is 0 Å². The van der Waals surface area contributed by atoms with Crippen LogP contribution in [0.1, 0.15) is 0 Å². The Kier molecular flexibility index (Phi) is 7.88. The van der Waals surface area contributed by atoms with Gasteiger partial charge in [0.25, 0.3) is 0 Å². The number of ketones is 1. The van der Waals surface area contributed by atoms with Crippen molar-refractivity contribution in [2.45, 2.75) is 58.8 Å². The van der Waals surface area contributed by atoms with E-state index in [-0.39, 0.29) is 0 Å². The number of hydrogen-bond acceptors (Lipinski definition) is 3. The van der Waals surface area contributed by atoms with Gasteiger partial charge in [0.1, 0.15) is 0 Å². The van der Waals surface area contributed by atoms with Crippen LogP contribution in [0.3, 0.4) is 0 Å². The topological polar surface area (TPSA) is 71.4 Å². The number of hydrogen-bond donors (Lipinski definition) is 1. The summed E-state index contributed by atoms with van der Waals surface area (Å²) < 4.78 is 301. The maximum atomic E-state index is 13.4. The van der Waals surface area contributed by atoms with Gasteiger partial charge >= 0.3 is 74.7 Å². The summed E-state index contributed by atoms with van der Waals surface area (Å²) in [5.41, 5.74) is 0. The van der Waals surface area contributed by atoms with Crippen LogP contribution in [0.25, 0.3) is 0 Å². The number of Topliss-reactive ketones (excluding diaryl/α,β-unsaturated/α-hetero) is 1. The van der Waals surface area contributed by atoms with Gasteiger partial charge in [-0.05, 0) is 0 Å². The van der Waals surface area contributed by atoms with Crippen molar-refractivity contribution in [3.8, 4) is 0 Å². The van der Waals surface area contributed by atoms with E-state index in [9.17, 15) is 105 Å². The van der Waals surface area contributed by atoms with E-state index in [1.807, 2.05) is 0 Å². The Morgan fingerprint density at radius 1 is 0.432 bits per heavy atom. The highest BCUT2D eigenvalue weighted by Gasteiger charge is 2.97. The molecule has 0 aromatic rings. The molecule has 0 bridgehead atoms. The molecule has 0 aliphatic heterocycles. The van der Waals surface area contributed by atoms with Gasteiger partial charge in [0, 0.05) is 0 Å². The predicted molar refractivity (Wildman–Crippen MR) is 67.1 cm³/mol. The summed E-state index contributed by atoms with van der Waals surface area (Å²) in [4.78, 5) is 10.2. The first-order valence-electron chi connectivity index (χ1n) is 7.39. The Morgan fingerprint density at radius 2 is 0.649 bits per heavy atom. The van der Waals surface area contributed by atoms with Crippen LogP contribution >= 0.6 is 0 Å². The van der Waals surface area contributed by atoms with Crippen LogP contribution in [0.2, 0.25) is 0 Å². The van der Waals surface area contributed by atoms with Gasteiger partial charge in [0.05, 0.1) is 0 Å². The van der Waals surface area contributed by atoms with E-state index in [4.69, 9.17) is 4.55 Å². The number of carbonyl (C=O) groups excluding carboxylic acids is 1. The van der Waals surface area contributed by atoms with Crippen LogP contribution in [0.15, 0.2) is 0 Å². The Hall–Kier alpha value is -1.89. The molecule has 0 radical (unpaired) electrons. The van der Waals surface area contributed by atoms with E-state index in [0.29, 0.717) is 0 Å². The quantitative estimate of drug-likeness (QED) is 0.250. The average molecular weight is 628 g/mol. The molecule has 0 heterocycles. The molecule has 0 saturated carbocycles. The zero-order valence-corrected chi connectivity index (χ0v) is 16.3. The SMILES string of the molecule is O=C(C(F)(F)F)C(F)(F)C(F)(F)C(F)(F)C(F)(F)C(F)(F)C(F)(F)C(F)(F)C(F)(F)C(F)(F)S(=O)(=O)O. The van der Waals surface area contributed by atoms with Crippen molar-refractivity contribution < 1.29 is 110 Å². The van der Waals surface area contributed by atoms with Crippen molar-refractivity contribution in [1.82, 2.24) is 0 Å². The van der Waals surface area contributed by atoms with Gasteiger partial charge in [-0.25, -0.2) is 0 Å². The van der Waals surface area contributed by atoms with Gasteiger partial charge in [-0.15, -0.1) is 0 Å². The van der Waals surface area contributed by atoms with Gasteiger partial charge in [-0.3, -0.25) is 9.35 Å². The smallest absolute Gasteiger partial charge is 0.282 e. The molecule has 0 aliphatic rings. The summed E-state index contributed by atoms with van der Waals surface area (Å²) in [6.07, 6.45) is -7.40. The van der Waals surface area contributed by atoms with Gasteiger partial charge in [-0.1, -0.05) is 0 Å². The third kappa shape index (κ3) is 4.24. The minimum atomic E-state index is -9.41. The number of halogens is 21. The molecule has 0 atom stereocenters. The van der Waals surface area contributed by atoms with Crippen molar-refractivity contribution in [3.05, 3.63) is 0 Å². The summed E-state index contributed by atoms with van der Waals surface area (Å²) in [5.74, 6) is -77.9. The molecular weight excluding hydrogens is 627 g/mol. The third-order valence-corrected chi connectivity index (χ3v) is 4.90. The first-order valence-corrected chi connectivity index (χ1v) is 8.83. The molecule has 26 heteroatoms. The Balaban J connectivity index is 7.25. The Morgan fingerprint density at radius 3 is 0.865 bits per heavy atom. The largest absolute Gasteiger partial charge is 0.456 e. The average Bonchev–Trinajstić information content (AvgIpc) is 2.64. The molecule has 1 N–H and O–H groups in total. The zero-order chi connectivity index (χ0) is 31.1. The second-order valence-corrected chi connectivity index (χ2v) is 7.88. The van der Waals surface area contributed by atoms with Gasteiger partial charge in [0.2, 0.25) is 0 Å². The lowest BCUT2D eigenvalue weighted by Crippen LogP contribution is -2.77. The van der Waals surface area contributed by atoms with Crippen LogP contribution < -0.4 is 0 Å². The van der Waals surface area contributed by atoms with Crippen molar-refractivity contribution in [3.63, 3.8) is 0 Å². The molecular formula is C11HF21O4S. The van der Waals surface area contributed by atoms with Gasteiger partial charge in [0.15, 0.2) is 0 Å². The highest BCUT2D eigenvalue weighted by Crippen LogP contribution is 2.65. The molecule has 0 rings (SSSR count). The molecule has 0 unspecified atom stereocenters. The first-order chi connectivity index (χ1) is 15.4. The lowest BCUT2D eigenvalue weighted by molar-refractivity contribution is -0.457. The maximum Gasteiger partial charge on any atom is 0.456 e. The molecule has 0 spiro atoms. The summed E-state index contributed by atoms with van der Waals surface area (Å²) in [7, 11) is -8.12. The molecule has 0 aromatic heterocycles. The van der Waals surface area contributed by atoms with Crippen molar-refractivity contribution in [1.29, 1.82) is 0 Å². The lowest BCUT2D eigenvalue weighted by Gasteiger charge is -2.43. The van der Waals surface area contributed by atoms with E-state index >= 15 is 0 Å². The van der Waals surface area contributed by atoms with E-state index in [0.717, 1.165) is 0 Å². The fourth-order valence-electron chi connectivity index (χ4n) is 1.85. The summed E-state index contributed by atoms with van der Waals surface area (Å²) >= 11 is 0. The molecule has 222 valence electrons. The van der Waals surface area contributed by atoms with Crippen LogP contribution in [-0.4, -0.2) is 77.6 Å². The van der Waals surface area contributed by atoms with Crippen molar-refractivity contribution in [2.24, 2.45) is 0 Å². The summed E-state index contributed by atoms with van der Waals surface area (Å²) in [6, 6.07) is 0. The van der Waals surface area contributed by atoms with Crippen LogP contribution in [-0.2, 0) is 14.9 Å². The Labute approximate surface area is 186 Å². The minimum absolute atomic E-state index is 5.44. The summed E-state index contributed by atoms with van der Waals surface area (Å²) in [6.45, 7) is 0. The summed E-state index contributed by atoms with van der Waals surface area (Å²) in [5, 5.41) is -8.09. The third-order valence-electron chi connectivity index (χ3n) is 3.99. The fourth-order valence-corrected chi connectivity index (χ4v) is 2.30. The molecule has 0 aromatic carbocycles. The van der Waals surface area contributed by atoms with Crippen LogP contribution in [0.5, 0.6) is 0 Å². The second kappa shape index (κ2) is 8.30. The molecule has 0 saturated heterocycles. The molecule has 0 aliphatic carbocycles. The van der Waals surface area contributed by atoms with Gasteiger partial charge in [-0.2, -0.15) is 101 Å². The van der Waals surface area contributed by atoms with Gasteiger partial charge < -0.3 is 0 Å². The van der Waals surface area contributed by atoms with E-state index in [1.54, 1.807) is 0 Å².